The third-order valence-electron chi connectivity index (χ3n) is 14.7. The number of nitrogens with one attached hydrogen (secondary N) is 1. The van der Waals surface area contributed by atoms with E-state index in [0.717, 1.165) is 58.0 Å². The molecule has 4 aliphatic rings. The van der Waals surface area contributed by atoms with Crippen molar-refractivity contribution in [3.63, 3.8) is 0 Å². The second-order valence-electron chi connectivity index (χ2n) is 20.6. The number of rotatable bonds is 19. The highest BCUT2D eigenvalue weighted by Gasteiger charge is 2.51. The van der Waals surface area contributed by atoms with Crippen LogP contribution < -0.4 is 24.6 Å². The van der Waals surface area contributed by atoms with Crippen LogP contribution in [0.1, 0.15) is 91.7 Å². The predicted octanol–water partition coefficient (Wildman–Crippen LogP) is 8.60. The minimum atomic E-state index is -4.81. The topological polar surface area (TPSA) is 187 Å². The number of aliphatic hydroxyl groups excluding tert-OH is 1. The van der Waals surface area contributed by atoms with Gasteiger partial charge < -0.3 is 44.1 Å². The standard InChI is InChI=1S/C57H60F3N7O9S2/c1-33(2)49(65-30-38-9-6-7-10-43(38)52(65)70)53(71)64-31-41(68)27-45(64)51(69)62-29-37-14-13-35(50-34(3)63-32-78-50)25-48(37)76-24-23-75-47-12-8-11-46(47)74-22-21-73-42-19-17-39(18-20-42)67-55(77)66(54(72)56(67,4)5)40-16-15-36(28-61)44(26-40)57(58,59)60/h6-7,9-10,13-20,25-26,32-33,41,45-47,49,68H,8,11-12,21-24,27,29-31H2,1-5H3,(H,62,69)/t41-,45?,46+,47-,49+/m1/s1. The number of anilines is 2. The Morgan fingerprint density at radius 2 is 1.64 bits per heavy atom. The van der Waals surface area contributed by atoms with Crippen molar-refractivity contribution in [3.05, 3.63) is 124 Å². The van der Waals surface area contributed by atoms with E-state index in [1.54, 1.807) is 71.6 Å². The first-order valence-corrected chi connectivity index (χ1v) is 27.1. The van der Waals surface area contributed by atoms with Gasteiger partial charge in [0, 0.05) is 42.9 Å². The Morgan fingerprint density at radius 1 is 0.949 bits per heavy atom. The third kappa shape index (κ3) is 11.5. The van der Waals surface area contributed by atoms with Crippen molar-refractivity contribution in [3.8, 4) is 28.0 Å². The molecule has 0 bridgehead atoms. The van der Waals surface area contributed by atoms with Gasteiger partial charge in [0.1, 0.15) is 42.3 Å². The molecule has 16 nitrogen and oxygen atoms in total. The molecule has 4 amide bonds. The number of hydrogen-bond donors (Lipinski definition) is 2. The molecule has 1 saturated carbocycles. The Labute approximate surface area is 459 Å². The Hall–Kier alpha value is -6.96. The lowest BCUT2D eigenvalue weighted by atomic mass is 10.0. The molecule has 4 aromatic carbocycles. The molecular formula is C57H60F3N7O9S2. The van der Waals surface area contributed by atoms with Gasteiger partial charge in [0.05, 0.1) is 70.5 Å². The number of aryl methyl sites for hydroxylation is 1. The van der Waals surface area contributed by atoms with Crippen LogP contribution in [0.2, 0.25) is 0 Å². The molecule has 5 atom stereocenters. The fraction of sp³-hybridized carbons (Fsp3) is 0.421. The van der Waals surface area contributed by atoms with Gasteiger partial charge in [-0.2, -0.15) is 18.4 Å². The maximum atomic E-state index is 14.3. The zero-order chi connectivity index (χ0) is 55.6. The number of thiocarbonyl (C=S) groups is 1. The van der Waals surface area contributed by atoms with E-state index < -0.39 is 52.8 Å². The van der Waals surface area contributed by atoms with E-state index in [0.29, 0.717) is 28.3 Å². The van der Waals surface area contributed by atoms with Crippen LogP contribution >= 0.6 is 23.6 Å². The summed E-state index contributed by atoms with van der Waals surface area (Å²) in [6.07, 6.45) is -3.53. The van der Waals surface area contributed by atoms with Crippen LogP contribution in [0, 0.1) is 24.2 Å². The van der Waals surface area contributed by atoms with Crippen LogP contribution in [0.5, 0.6) is 11.5 Å². The van der Waals surface area contributed by atoms with E-state index >= 15 is 0 Å². The molecule has 21 heteroatoms. The number of halogens is 3. The smallest absolute Gasteiger partial charge is 0.417 e. The molecule has 3 aliphatic heterocycles. The highest BCUT2D eigenvalue weighted by atomic mass is 32.1. The van der Waals surface area contributed by atoms with Crippen molar-refractivity contribution < 1.29 is 56.4 Å². The summed E-state index contributed by atoms with van der Waals surface area (Å²) in [6.45, 7) is 10.2. The monoisotopic (exact) mass is 1110 g/mol. The average Bonchev–Trinajstić information content (AvgIpc) is 4.39. The third-order valence-corrected chi connectivity index (χ3v) is 16.0. The number of aliphatic hydroxyl groups is 1. The van der Waals surface area contributed by atoms with Gasteiger partial charge in [-0.1, -0.05) is 44.2 Å². The van der Waals surface area contributed by atoms with Gasteiger partial charge in [0.15, 0.2) is 5.11 Å². The summed E-state index contributed by atoms with van der Waals surface area (Å²) in [4.78, 5) is 66.5. The van der Waals surface area contributed by atoms with E-state index in [1.165, 1.54) is 22.3 Å². The maximum Gasteiger partial charge on any atom is 0.417 e. The molecule has 1 aromatic heterocycles. The summed E-state index contributed by atoms with van der Waals surface area (Å²) in [5.74, 6) is -0.770. The van der Waals surface area contributed by atoms with Gasteiger partial charge >= 0.3 is 6.18 Å². The number of ether oxygens (including phenoxy) is 4. The highest BCUT2D eigenvalue weighted by molar-refractivity contribution is 7.81. The molecule has 0 radical (unpaired) electrons. The molecular weight excluding hydrogens is 1050 g/mol. The lowest BCUT2D eigenvalue weighted by Crippen LogP contribution is -2.55. The highest BCUT2D eigenvalue weighted by Crippen LogP contribution is 2.41. The number of alkyl halides is 3. The molecule has 2 saturated heterocycles. The average molecular weight is 1110 g/mol. The Bertz CT molecular complexity index is 3130. The zero-order valence-electron chi connectivity index (χ0n) is 43.7. The Balaban J connectivity index is 0.770. The van der Waals surface area contributed by atoms with Crippen molar-refractivity contribution in [1.82, 2.24) is 20.1 Å². The van der Waals surface area contributed by atoms with Crippen molar-refractivity contribution in [2.45, 2.75) is 116 Å². The van der Waals surface area contributed by atoms with E-state index in [9.17, 15) is 42.7 Å². The molecule has 9 rings (SSSR count). The number of benzene rings is 4. The van der Waals surface area contributed by atoms with Gasteiger partial charge in [0.2, 0.25) is 11.8 Å². The summed E-state index contributed by atoms with van der Waals surface area (Å²) in [6, 6.07) is 22.7. The lowest BCUT2D eigenvalue weighted by molar-refractivity contribution is -0.143. The van der Waals surface area contributed by atoms with E-state index in [-0.39, 0.29) is 93.2 Å². The fourth-order valence-electron chi connectivity index (χ4n) is 10.7. The number of thiazole rings is 1. The van der Waals surface area contributed by atoms with Crippen LogP contribution in [-0.4, -0.2) is 118 Å². The first kappa shape index (κ1) is 55.8. The molecule has 3 fully saturated rings. The summed E-state index contributed by atoms with van der Waals surface area (Å²) < 4.78 is 66.4. The molecule has 78 heavy (non-hydrogen) atoms. The van der Waals surface area contributed by atoms with E-state index in [1.807, 2.05) is 51.1 Å². The summed E-state index contributed by atoms with van der Waals surface area (Å²) in [5.41, 5.74) is 3.10. The minimum Gasteiger partial charge on any atom is -0.491 e. The Kier molecular flexibility index (Phi) is 16.6. The van der Waals surface area contributed by atoms with Crippen LogP contribution in [0.4, 0.5) is 24.5 Å². The van der Waals surface area contributed by atoms with Crippen molar-refractivity contribution in [2.75, 3.05) is 42.8 Å². The van der Waals surface area contributed by atoms with Crippen molar-refractivity contribution in [2.24, 2.45) is 5.92 Å². The van der Waals surface area contributed by atoms with E-state index in [4.69, 9.17) is 31.2 Å². The van der Waals surface area contributed by atoms with Gasteiger partial charge in [-0.25, -0.2) is 4.98 Å². The van der Waals surface area contributed by atoms with Crippen LogP contribution in [-0.2, 0) is 43.1 Å². The number of carbonyl (C=O) groups excluding carboxylic acids is 4. The molecule has 0 spiro atoms. The van der Waals surface area contributed by atoms with Crippen LogP contribution in [0.15, 0.2) is 90.4 Å². The van der Waals surface area contributed by atoms with Crippen LogP contribution in [0.25, 0.3) is 10.4 Å². The number of nitrogens with zero attached hydrogens (tertiary/aromatic N) is 6. The molecule has 1 aliphatic carbocycles. The second kappa shape index (κ2) is 23.2. The number of amides is 4. The minimum absolute atomic E-state index is 0.0149. The molecule has 4 heterocycles. The van der Waals surface area contributed by atoms with Crippen molar-refractivity contribution >= 4 is 63.7 Å². The number of β-amino-alcohol motifs (C(OH)–C–C–N with tert-alkyl or cyclic N) is 1. The van der Waals surface area contributed by atoms with Crippen molar-refractivity contribution in [1.29, 1.82) is 5.26 Å². The number of fused-ring (bicyclic) bond motifs is 1. The molecule has 1 unspecified atom stereocenters. The van der Waals surface area contributed by atoms with Gasteiger partial charge in [-0.3, -0.25) is 24.1 Å². The number of nitriles is 1. The number of carbonyl (C=O) groups is 4. The van der Waals surface area contributed by atoms with Crippen LogP contribution in [0.3, 0.4) is 0 Å². The van der Waals surface area contributed by atoms with Gasteiger partial charge in [-0.15, -0.1) is 11.3 Å². The first-order valence-electron chi connectivity index (χ1n) is 25.8. The summed E-state index contributed by atoms with van der Waals surface area (Å²) >= 11 is 7.18. The maximum absolute atomic E-state index is 14.3. The second-order valence-corrected chi connectivity index (χ2v) is 21.8. The number of aromatic nitrogens is 1. The van der Waals surface area contributed by atoms with Gasteiger partial charge in [0.25, 0.3) is 11.8 Å². The summed E-state index contributed by atoms with van der Waals surface area (Å²) in [7, 11) is 0. The molecule has 5 aromatic rings. The number of hydrogen-bond acceptors (Lipinski definition) is 13. The quantitative estimate of drug-likeness (QED) is 0.0592. The first-order chi connectivity index (χ1) is 37.3. The largest absolute Gasteiger partial charge is 0.491 e. The number of likely N-dealkylation sites (tertiary alicyclic amines) is 1. The van der Waals surface area contributed by atoms with Gasteiger partial charge in [-0.05, 0) is 124 Å². The zero-order valence-corrected chi connectivity index (χ0v) is 45.4. The summed E-state index contributed by atoms with van der Waals surface area (Å²) in [5, 5.41) is 23.1. The molecule has 410 valence electrons. The lowest BCUT2D eigenvalue weighted by Gasteiger charge is -2.35. The normalized spacial score (nSPS) is 20.4. The fourth-order valence-corrected chi connectivity index (χ4v) is 12.1. The molecule has 2 N–H and O–H groups in total. The predicted molar refractivity (Wildman–Crippen MR) is 289 cm³/mol. The Morgan fingerprint density at radius 3 is 2.29 bits per heavy atom. The SMILES string of the molecule is Cc1ncsc1-c1ccc(CNC(=O)C2C[C@@H](O)CN2C(=O)[C@H](C(C)C)N2Cc3ccccc3C2=O)c(OCCO[C@@H]2CCC[C@@H]2OCCOc2ccc(N3C(=S)N(c4ccc(C#N)c(C(F)(F)F)c4)C(=O)C3(C)C)cc2)c1. The van der Waals surface area contributed by atoms with E-state index in [2.05, 4.69) is 10.3 Å².